The summed E-state index contributed by atoms with van der Waals surface area (Å²) in [6, 6.07) is 6.42. The Balaban J connectivity index is 2.11. The summed E-state index contributed by atoms with van der Waals surface area (Å²) in [6.07, 6.45) is 1.81. The van der Waals surface area contributed by atoms with Crippen molar-refractivity contribution in [3.8, 4) is 0 Å². The molecule has 1 aromatic carbocycles. The highest BCUT2D eigenvalue weighted by molar-refractivity contribution is 9.10. The Kier molecular flexibility index (Phi) is 3.96. The van der Waals surface area contributed by atoms with Crippen LogP contribution in [0.2, 0.25) is 0 Å². The molecular formula is C12H13BrN2O3. The Bertz CT molecular complexity index is 478. The molecule has 1 saturated heterocycles. The summed E-state index contributed by atoms with van der Waals surface area (Å²) in [5.41, 5.74) is 0.853. The maximum absolute atomic E-state index is 11.9. The normalized spacial score (nSPS) is 19.9. The Morgan fingerprint density at radius 1 is 1.50 bits per heavy atom. The first-order valence-electron chi connectivity index (χ1n) is 5.74. The highest BCUT2D eigenvalue weighted by atomic mass is 79.9. The van der Waals surface area contributed by atoms with E-state index in [2.05, 4.69) is 15.9 Å². The predicted molar refractivity (Wildman–Crippen MR) is 70.5 cm³/mol. The quantitative estimate of drug-likeness (QED) is 0.489. The van der Waals surface area contributed by atoms with Crippen LogP contribution in [0.4, 0.5) is 5.69 Å². The first-order chi connectivity index (χ1) is 8.58. The third kappa shape index (κ3) is 2.87. The van der Waals surface area contributed by atoms with Gasteiger partial charge in [-0.3, -0.25) is 14.9 Å². The molecule has 0 aliphatic carbocycles. The second kappa shape index (κ2) is 5.48. The zero-order valence-electron chi connectivity index (χ0n) is 9.71. The summed E-state index contributed by atoms with van der Waals surface area (Å²) >= 11 is 3.35. The SMILES string of the molecule is O=C1C(Br)CCCN1Cc1cccc([N+](=O)[O-])c1. The molecule has 1 aromatic rings. The number of nitrogens with zero attached hydrogens (tertiary/aromatic N) is 2. The van der Waals surface area contributed by atoms with Gasteiger partial charge in [0.2, 0.25) is 5.91 Å². The van der Waals surface area contributed by atoms with Gasteiger partial charge >= 0.3 is 0 Å². The first-order valence-corrected chi connectivity index (χ1v) is 6.65. The summed E-state index contributed by atoms with van der Waals surface area (Å²) in [6.45, 7) is 1.15. The van der Waals surface area contributed by atoms with Crippen molar-refractivity contribution in [2.45, 2.75) is 24.2 Å². The minimum absolute atomic E-state index is 0.0624. The molecule has 6 heteroatoms. The van der Waals surface area contributed by atoms with Crippen LogP contribution >= 0.6 is 15.9 Å². The number of benzene rings is 1. The molecule has 18 heavy (non-hydrogen) atoms. The largest absolute Gasteiger partial charge is 0.337 e. The Morgan fingerprint density at radius 3 is 3.00 bits per heavy atom. The Morgan fingerprint density at radius 2 is 2.28 bits per heavy atom. The van der Waals surface area contributed by atoms with Crippen molar-refractivity contribution >= 4 is 27.5 Å². The van der Waals surface area contributed by atoms with Crippen LogP contribution in [0.3, 0.4) is 0 Å². The van der Waals surface area contributed by atoms with Gasteiger partial charge in [-0.2, -0.15) is 0 Å². The van der Waals surface area contributed by atoms with Crippen LogP contribution in [0.5, 0.6) is 0 Å². The topological polar surface area (TPSA) is 63.5 Å². The fourth-order valence-electron chi connectivity index (χ4n) is 2.04. The van der Waals surface area contributed by atoms with Crippen molar-refractivity contribution in [3.63, 3.8) is 0 Å². The van der Waals surface area contributed by atoms with E-state index >= 15 is 0 Å². The van der Waals surface area contributed by atoms with Gasteiger partial charge in [0, 0.05) is 25.2 Å². The monoisotopic (exact) mass is 312 g/mol. The molecule has 96 valence electrons. The number of hydrogen-bond donors (Lipinski definition) is 0. The number of hydrogen-bond acceptors (Lipinski definition) is 3. The fraction of sp³-hybridized carbons (Fsp3) is 0.417. The van der Waals surface area contributed by atoms with Gasteiger partial charge in [0.1, 0.15) is 0 Å². The van der Waals surface area contributed by atoms with Crippen molar-refractivity contribution in [3.05, 3.63) is 39.9 Å². The second-order valence-electron chi connectivity index (χ2n) is 4.30. The number of nitro groups is 1. The van der Waals surface area contributed by atoms with Crippen molar-refractivity contribution < 1.29 is 9.72 Å². The first kappa shape index (κ1) is 13.0. The number of rotatable bonds is 3. The highest BCUT2D eigenvalue weighted by Gasteiger charge is 2.26. The van der Waals surface area contributed by atoms with E-state index < -0.39 is 4.92 Å². The molecule has 1 atom stereocenters. The van der Waals surface area contributed by atoms with Crippen LogP contribution in [-0.4, -0.2) is 27.1 Å². The number of non-ortho nitro benzene ring substituents is 1. The third-order valence-electron chi connectivity index (χ3n) is 2.96. The van der Waals surface area contributed by atoms with E-state index in [0.29, 0.717) is 13.1 Å². The number of halogens is 1. The molecule has 1 unspecified atom stereocenters. The summed E-state index contributed by atoms with van der Waals surface area (Å²) in [5, 5.41) is 10.7. The van der Waals surface area contributed by atoms with Gasteiger partial charge in [0.05, 0.1) is 9.75 Å². The Labute approximate surface area is 113 Å². The number of amides is 1. The maximum Gasteiger partial charge on any atom is 0.269 e. The number of carbonyl (C=O) groups excluding carboxylic acids is 1. The van der Waals surface area contributed by atoms with Crippen LogP contribution in [-0.2, 0) is 11.3 Å². The molecule has 0 saturated carbocycles. The van der Waals surface area contributed by atoms with Gasteiger partial charge in [-0.25, -0.2) is 0 Å². The minimum atomic E-state index is -0.422. The summed E-state index contributed by atoms with van der Waals surface area (Å²) in [7, 11) is 0. The molecule has 1 amide bonds. The van der Waals surface area contributed by atoms with Gasteiger partial charge in [0.25, 0.3) is 5.69 Å². The van der Waals surface area contributed by atoms with E-state index in [9.17, 15) is 14.9 Å². The molecule has 0 aromatic heterocycles. The highest BCUT2D eigenvalue weighted by Crippen LogP contribution is 2.21. The smallest absolute Gasteiger partial charge is 0.269 e. The number of alkyl halides is 1. The molecular weight excluding hydrogens is 300 g/mol. The average Bonchev–Trinajstić information content (AvgIpc) is 2.35. The number of carbonyl (C=O) groups is 1. The van der Waals surface area contributed by atoms with Crippen molar-refractivity contribution in [1.82, 2.24) is 4.90 Å². The molecule has 0 N–H and O–H groups in total. The molecule has 0 radical (unpaired) electrons. The van der Waals surface area contributed by atoms with Gasteiger partial charge < -0.3 is 4.90 Å². The lowest BCUT2D eigenvalue weighted by molar-refractivity contribution is -0.384. The Hall–Kier alpha value is -1.43. The summed E-state index contributed by atoms with van der Waals surface area (Å²) < 4.78 is 0. The van der Waals surface area contributed by atoms with Gasteiger partial charge in [0.15, 0.2) is 0 Å². The van der Waals surface area contributed by atoms with E-state index in [1.807, 2.05) is 0 Å². The molecule has 1 fully saturated rings. The third-order valence-corrected chi connectivity index (χ3v) is 3.81. The van der Waals surface area contributed by atoms with Gasteiger partial charge in [-0.05, 0) is 18.4 Å². The number of nitro benzene ring substituents is 1. The molecule has 2 rings (SSSR count). The summed E-state index contributed by atoms with van der Waals surface area (Å²) in [5.74, 6) is 0.0627. The maximum atomic E-state index is 11.9. The van der Waals surface area contributed by atoms with Crippen LogP contribution in [0.25, 0.3) is 0 Å². The standard InChI is InChI=1S/C12H13BrN2O3/c13-11-5-2-6-14(12(11)16)8-9-3-1-4-10(7-9)15(17)18/h1,3-4,7,11H,2,5-6,8H2. The van der Waals surface area contributed by atoms with Crippen LogP contribution in [0, 0.1) is 10.1 Å². The van der Waals surface area contributed by atoms with Crippen molar-refractivity contribution in [1.29, 1.82) is 0 Å². The van der Waals surface area contributed by atoms with Crippen molar-refractivity contribution in [2.75, 3.05) is 6.54 Å². The van der Waals surface area contributed by atoms with Gasteiger partial charge in [-0.1, -0.05) is 28.1 Å². The number of likely N-dealkylation sites (tertiary alicyclic amines) is 1. The van der Waals surface area contributed by atoms with E-state index in [1.54, 1.807) is 17.0 Å². The fourth-order valence-corrected chi connectivity index (χ4v) is 2.65. The zero-order valence-corrected chi connectivity index (χ0v) is 11.3. The lowest BCUT2D eigenvalue weighted by Gasteiger charge is -2.29. The minimum Gasteiger partial charge on any atom is -0.337 e. The molecule has 1 heterocycles. The van der Waals surface area contributed by atoms with E-state index in [4.69, 9.17) is 0 Å². The van der Waals surface area contributed by atoms with E-state index in [0.717, 1.165) is 18.4 Å². The number of piperidine rings is 1. The van der Waals surface area contributed by atoms with E-state index in [1.165, 1.54) is 12.1 Å². The summed E-state index contributed by atoms with van der Waals surface area (Å²) in [4.78, 5) is 23.8. The molecule has 0 bridgehead atoms. The van der Waals surface area contributed by atoms with Crippen LogP contribution < -0.4 is 0 Å². The van der Waals surface area contributed by atoms with E-state index in [-0.39, 0.29) is 16.4 Å². The van der Waals surface area contributed by atoms with Gasteiger partial charge in [-0.15, -0.1) is 0 Å². The molecule has 1 aliphatic heterocycles. The van der Waals surface area contributed by atoms with Crippen LogP contribution in [0.15, 0.2) is 24.3 Å². The van der Waals surface area contributed by atoms with Crippen molar-refractivity contribution in [2.24, 2.45) is 0 Å². The second-order valence-corrected chi connectivity index (χ2v) is 5.40. The molecule has 0 spiro atoms. The molecule has 1 aliphatic rings. The average molecular weight is 313 g/mol. The van der Waals surface area contributed by atoms with Crippen LogP contribution in [0.1, 0.15) is 18.4 Å². The predicted octanol–water partition coefficient (Wildman–Crippen LogP) is 2.48. The zero-order chi connectivity index (χ0) is 13.1. The lowest BCUT2D eigenvalue weighted by Crippen LogP contribution is -2.41. The molecule has 5 nitrogen and oxygen atoms in total. The lowest BCUT2D eigenvalue weighted by atomic mass is 10.1.